The zero-order chi connectivity index (χ0) is 18.7. The summed E-state index contributed by atoms with van der Waals surface area (Å²) in [6.07, 6.45) is 0.698. The number of piperidine rings is 1. The van der Waals surface area contributed by atoms with E-state index in [2.05, 4.69) is 5.32 Å². The molecule has 1 saturated heterocycles. The van der Waals surface area contributed by atoms with Gasteiger partial charge in [0.05, 0.1) is 18.8 Å². The summed E-state index contributed by atoms with van der Waals surface area (Å²) in [6.45, 7) is 0.851. The molecule has 25 heavy (non-hydrogen) atoms. The third kappa shape index (κ3) is 4.33. The van der Waals surface area contributed by atoms with Crippen molar-refractivity contribution in [3.8, 4) is 0 Å². The predicted molar refractivity (Wildman–Crippen MR) is 86.5 cm³/mol. The van der Waals surface area contributed by atoms with E-state index >= 15 is 0 Å². The number of hydrogen-bond acceptors (Lipinski definition) is 5. The van der Waals surface area contributed by atoms with E-state index < -0.39 is 28.7 Å². The Morgan fingerprint density at radius 1 is 1.32 bits per heavy atom. The summed E-state index contributed by atoms with van der Waals surface area (Å²) >= 11 is 0. The zero-order valence-corrected chi connectivity index (χ0v) is 14.1. The average Bonchev–Trinajstić information content (AvgIpc) is 2.61. The fraction of sp³-hybridized carbons (Fsp3) is 0.588. The third-order valence-corrected chi connectivity index (χ3v) is 4.60. The van der Waals surface area contributed by atoms with Crippen LogP contribution in [0.15, 0.2) is 18.2 Å². The van der Waals surface area contributed by atoms with Gasteiger partial charge in [-0.2, -0.15) is 0 Å². The van der Waals surface area contributed by atoms with Crippen LogP contribution < -0.4 is 5.32 Å². The zero-order valence-electron chi connectivity index (χ0n) is 14.1. The third-order valence-electron chi connectivity index (χ3n) is 4.60. The minimum atomic E-state index is -1.73. The fourth-order valence-corrected chi connectivity index (χ4v) is 2.78. The Balaban J connectivity index is 2.10. The van der Waals surface area contributed by atoms with Crippen LogP contribution in [-0.4, -0.2) is 63.6 Å². The fourth-order valence-electron chi connectivity index (χ4n) is 2.78. The number of nitrogens with zero attached hydrogens (tertiary/aromatic N) is 1. The Labute approximate surface area is 145 Å². The molecule has 1 atom stereocenters. The van der Waals surface area contributed by atoms with Crippen molar-refractivity contribution in [3.05, 3.63) is 35.4 Å². The van der Waals surface area contributed by atoms with Gasteiger partial charge in [-0.3, -0.25) is 4.79 Å². The molecule has 1 fully saturated rings. The summed E-state index contributed by atoms with van der Waals surface area (Å²) in [5.74, 6) is -2.58. The molecule has 140 valence electrons. The second-order valence-corrected chi connectivity index (χ2v) is 6.81. The van der Waals surface area contributed by atoms with Gasteiger partial charge < -0.3 is 25.5 Å². The van der Waals surface area contributed by atoms with E-state index in [0.29, 0.717) is 13.0 Å². The van der Waals surface area contributed by atoms with Crippen molar-refractivity contribution >= 4 is 5.91 Å². The lowest BCUT2D eigenvalue weighted by Gasteiger charge is -2.40. The quantitative estimate of drug-likeness (QED) is 0.557. The number of halogens is 2. The van der Waals surface area contributed by atoms with Crippen LogP contribution in [-0.2, 0) is 11.3 Å². The van der Waals surface area contributed by atoms with Crippen LogP contribution in [0.1, 0.15) is 25.3 Å². The summed E-state index contributed by atoms with van der Waals surface area (Å²) in [5, 5.41) is 32.1. The second kappa shape index (κ2) is 7.74. The molecule has 0 saturated carbocycles. The van der Waals surface area contributed by atoms with Gasteiger partial charge in [-0.05, 0) is 25.8 Å². The van der Waals surface area contributed by atoms with Gasteiger partial charge in [0.1, 0.15) is 0 Å². The normalized spacial score (nSPS) is 21.7. The molecule has 0 unspecified atom stereocenters. The maximum absolute atomic E-state index is 13.8. The molecular weight excluding hydrogens is 334 g/mol. The first kappa shape index (κ1) is 19.7. The first-order valence-corrected chi connectivity index (χ1v) is 8.16. The van der Waals surface area contributed by atoms with Gasteiger partial charge in [0.25, 0.3) is 5.91 Å². The molecule has 1 aliphatic rings. The van der Waals surface area contributed by atoms with Crippen LogP contribution in [0.3, 0.4) is 0 Å². The first-order valence-electron chi connectivity index (χ1n) is 8.16. The van der Waals surface area contributed by atoms with Crippen molar-refractivity contribution in [2.24, 2.45) is 0 Å². The molecule has 8 heteroatoms. The lowest BCUT2D eigenvalue weighted by atomic mass is 9.90. The maximum Gasteiger partial charge on any atom is 0.256 e. The van der Waals surface area contributed by atoms with Crippen LogP contribution in [0.5, 0.6) is 0 Å². The van der Waals surface area contributed by atoms with Gasteiger partial charge in [0.2, 0.25) is 0 Å². The summed E-state index contributed by atoms with van der Waals surface area (Å²) in [4.78, 5) is 13.9. The number of benzene rings is 1. The summed E-state index contributed by atoms with van der Waals surface area (Å²) < 4.78 is 27.2. The molecule has 4 N–H and O–H groups in total. The summed E-state index contributed by atoms with van der Waals surface area (Å²) in [5.41, 5.74) is -2.72. The number of nitrogens with one attached hydrogen (secondary N) is 1. The van der Waals surface area contributed by atoms with Crippen molar-refractivity contribution in [3.63, 3.8) is 0 Å². The summed E-state index contributed by atoms with van der Waals surface area (Å²) in [7, 11) is 0. The van der Waals surface area contributed by atoms with Crippen molar-refractivity contribution in [1.29, 1.82) is 0 Å². The van der Waals surface area contributed by atoms with E-state index in [1.807, 2.05) is 0 Å². The average molecular weight is 358 g/mol. The standard InChI is InChI=1S/C17H24F2N2O4/c1-16(10-22,11-23)20-9-17(25)6-3-7-21(15(17)24)8-12-4-2-5-13(18)14(12)19/h2,4-5,20,22-23,25H,3,6-11H2,1H3/t17-/m0/s1. The predicted octanol–water partition coefficient (Wildman–Crippen LogP) is 0.151. The number of likely N-dealkylation sites (tertiary alicyclic amines) is 1. The largest absolute Gasteiger partial charge is 0.394 e. The monoisotopic (exact) mass is 358 g/mol. The number of aliphatic hydroxyl groups excluding tert-OH is 2. The number of hydrogen-bond donors (Lipinski definition) is 4. The molecule has 6 nitrogen and oxygen atoms in total. The van der Waals surface area contributed by atoms with Crippen molar-refractivity contribution in [2.45, 2.75) is 37.5 Å². The minimum Gasteiger partial charge on any atom is -0.394 e. The topological polar surface area (TPSA) is 93.0 Å². The SMILES string of the molecule is CC(CO)(CO)NC[C@@]1(O)CCCN(Cc2cccc(F)c2F)C1=O. The van der Waals surface area contributed by atoms with Gasteiger partial charge >= 0.3 is 0 Å². The van der Waals surface area contributed by atoms with Crippen LogP contribution >= 0.6 is 0 Å². The minimum absolute atomic E-state index is 0.0427. The Bertz CT molecular complexity index is 625. The van der Waals surface area contributed by atoms with Crippen LogP contribution in [0, 0.1) is 11.6 Å². The van der Waals surface area contributed by atoms with Crippen LogP contribution in [0.4, 0.5) is 8.78 Å². The molecule has 0 aliphatic carbocycles. The van der Waals surface area contributed by atoms with Gasteiger partial charge in [0, 0.05) is 25.2 Å². The first-order chi connectivity index (χ1) is 11.7. The Hall–Kier alpha value is -1.61. The Morgan fingerprint density at radius 3 is 2.64 bits per heavy atom. The van der Waals surface area contributed by atoms with E-state index in [9.17, 15) is 28.9 Å². The number of aliphatic hydroxyl groups is 3. The lowest BCUT2D eigenvalue weighted by molar-refractivity contribution is -0.158. The Morgan fingerprint density at radius 2 is 2.00 bits per heavy atom. The molecular formula is C17H24F2N2O4. The van der Waals surface area contributed by atoms with E-state index in [-0.39, 0.29) is 38.3 Å². The number of β-amino-alcohol motifs (C(OH)–C–C–N with tert-alkyl or cyclic N) is 1. The second-order valence-electron chi connectivity index (χ2n) is 6.81. The lowest BCUT2D eigenvalue weighted by Crippen LogP contribution is -2.62. The van der Waals surface area contributed by atoms with E-state index in [1.54, 1.807) is 6.92 Å². The number of rotatable bonds is 7. The van der Waals surface area contributed by atoms with Gasteiger partial charge in [-0.15, -0.1) is 0 Å². The molecule has 0 spiro atoms. The molecule has 2 rings (SSSR count). The van der Waals surface area contributed by atoms with Crippen LogP contribution in [0.25, 0.3) is 0 Å². The van der Waals surface area contributed by atoms with Crippen molar-refractivity contribution < 1.29 is 28.9 Å². The molecule has 0 aromatic heterocycles. The maximum atomic E-state index is 13.8. The molecule has 0 radical (unpaired) electrons. The van der Waals surface area contributed by atoms with E-state index in [0.717, 1.165) is 6.07 Å². The molecule has 1 amide bonds. The van der Waals surface area contributed by atoms with Gasteiger partial charge in [-0.1, -0.05) is 12.1 Å². The van der Waals surface area contributed by atoms with E-state index in [4.69, 9.17) is 0 Å². The highest BCUT2D eigenvalue weighted by atomic mass is 19.2. The number of carbonyl (C=O) groups is 1. The molecule has 0 bridgehead atoms. The summed E-state index contributed by atoms with van der Waals surface area (Å²) in [6, 6.07) is 3.76. The number of amides is 1. The van der Waals surface area contributed by atoms with E-state index in [1.165, 1.54) is 17.0 Å². The molecule has 1 aliphatic heterocycles. The van der Waals surface area contributed by atoms with Crippen LogP contribution in [0.2, 0.25) is 0 Å². The Kier molecular flexibility index (Phi) is 6.10. The van der Waals surface area contributed by atoms with Crippen molar-refractivity contribution in [2.75, 3.05) is 26.3 Å². The highest BCUT2D eigenvalue weighted by molar-refractivity contribution is 5.86. The smallest absolute Gasteiger partial charge is 0.256 e. The molecule has 1 aromatic carbocycles. The highest BCUT2D eigenvalue weighted by Crippen LogP contribution is 2.25. The van der Waals surface area contributed by atoms with Crippen molar-refractivity contribution in [1.82, 2.24) is 10.2 Å². The van der Waals surface area contributed by atoms with Gasteiger partial charge in [-0.25, -0.2) is 8.78 Å². The molecule has 1 aromatic rings. The molecule has 1 heterocycles. The number of carbonyl (C=O) groups excluding carboxylic acids is 1. The van der Waals surface area contributed by atoms with Gasteiger partial charge in [0.15, 0.2) is 17.2 Å². The highest BCUT2D eigenvalue weighted by Gasteiger charge is 2.43.